The molecule has 0 bridgehead atoms. The molecule has 0 unspecified atom stereocenters. The quantitative estimate of drug-likeness (QED) is 0.897. The summed E-state index contributed by atoms with van der Waals surface area (Å²) >= 11 is 3.50. The van der Waals surface area contributed by atoms with E-state index in [-0.39, 0.29) is 5.91 Å². The summed E-state index contributed by atoms with van der Waals surface area (Å²) in [5, 5.41) is 2.97. The summed E-state index contributed by atoms with van der Waals surface area (Å²) < 4.78 is 6.07. The predicted octanol–water partition coefficient (Wildman–Crippen LogP) is 4.26. The molecule has 21 heavy (non-hydrogen) atoms. The Bertz CT molecular complexity index is 645. The zero-order valence-electron chi connectivity index (χ0n) is 12.4. The summed E-state index contributed by atoms with van der Waals surface area (Å²) in [5.74, 6) is 0.712. The van der Waals surface area contributed by atoms with Gasteiger partial charge in [0.2, 0.25) is 5.91 Å². The molecule has 2 aromatic carbocycles. The second-order valence-electron chi connectivity index (χ2n) is 5.02. The maximum atomic E-state index is 12.2. The van der Waals surface area contributed by atoms with Gasteiger partial charge in [0, 0.05) is 4.47 Å². The number of carbonyl (C=O) groups is 1. The van der Waals surface area contributed by atoms with E-state index in [1.807, 2.05) is 50.2 Å². The Morgan fingerprint density at radius 1 is 1.24 bits per heavy atom. The van der Waals surface area contributed by atoms with Crippen molar-refractivity contribution in [2.24, 2.45) is 0 Å². The Morgan fingerprint density at radius 2 is 2.00 bits per heavy atom. The Kier molecular flexibility index (Phi) is 5.02. The van der Waals surface area contributed by atoms with Gasteiger partial charge < -0.3 is 10.1 Å². The minimum Gasteiger partial charge on any atom is -0.497 e. The van der Waals surface area contributed by atoms with Crippen LogP contribution in [0.4, 0.5) is 5.69 Å². The minimum absolute atomic E-state index is 0.0455. The third-order valence-corrected chi connectivity index (χ3v) is 3.82. The third-order valence-electron chi connectivity index (χ3n) is 3.19. The van der Waals surface area contributed by atoms with Crippen LogP contribution in [0.3, 0.4) is 0 Å². The first-order valence-corrected chi connectivity index (χ1v) is 7.48. The molecule has 0 fully saturated rings. The molecular formula is C17H18BrNO2. The van der Waals surface area contributed by atoms with Crippen molar-refractivity contribution in [1.29, 1.82) is 0 Å². The molecule has 0 aliphatic rings. The highest BCUT2D eigenvalue weighted by Crippen LogP contribution is 2.28. The SMILES string of the molecule is COc1cccc(CC(=O)Nc2c(C)cc(C)cc2Br)c1. The summed E-state index contributed by atoms with van der Waals surface area (Å²) in [6.45, 7) is 4.01. The highest BCUT2D eigenvalue weighted by Gasteiger charge is 2.10. The average molecular weight is 348 g/mol. The number of aryl methyl sites for hydroxylation is 2. The molecule has 2 aromatic rings. The van der Waals surface area contributed by atoms with Gasteiger partial charge in [-0.25, -0.2) is 0 Å². The van der Waals surface area contributed by atoms with Crippen molar-refractivity contribution in [2.75, 3.05) is 12.4 Å². The number of anilines is 1. The van der Waals surface area contributed by atoms with Crippen LogP contribution >= 0.6 is 15.9 Å². The molecule has 0 aliphatic carbocycles. The van der Waals surface area contributed by atoms with Crippen molar-refractivity contribution >= 4 is 27.5 Å². The molecule has 0 atom stereocenters. The lowest BCUT2D eigenvalue weighted by molar-refractivity contribution is -0.115. The number of halogens is 1. The third kappa shape index (κ3) is 4.08. The number of carbonyl (C=O) groups excluding carboxylic acids is 1. The standard InChI is InChI=1S/C17H18BrNO2/c1-11-7-12(2)17(15(18)8-11)19-16(20)10-13-5-4-6-14(9-13)21-3/h4-9H,10H2,1-3H3,(H,19,20). The number of methoxy groups -OCH3 is 1. The number of hydrogen-bond donors (Lipinski definition) is 1. The largest absolute Gasteiger partial charge is 0.497 e. The number of benzene rings is 2. The fraction of sp³-hybridized carbons (Fsp3) is 0.235. The van der Waals surface area contributed by atoms with Crippen LogP contribution in [-0.4, -0.2) is 13.0 Å². The first-order valence-electron chi connectivity index (χ1n) is 6.69. The van der Waals surface area contributed by atoms with Crippen LogP contribution in [0.1, 0.15) is 16.7 Å². The Balaban J connectivity index is 2.12. The molecule has 0 aromatic heterocycles. The molecule has 0 saturated carbocycles. The van der Waals surface area contributed by atoms with Crippen molar-refractivity contribution in [3.8, 4) is 5.75 Å². The highest BCUT2D eigenvalue weighted by atomic mass is 79.9. The van der Waals surface area contributed by atoms with E-state index in [2.05, 4.69) is 21.2 Å². The molecule has 1 N–H and O–H groups in total. The van der Waals surface area contributed by atoms with Crippen LogP contribution in [0.15, 0.2) is 40.9 Å². The van der Waals surface area contributed by atoms with Gasteiger partial charge in [-0.15, -0.1) is 0 Å². The van der Waals surface area contributed by atoms with Crippen molar-refractivity contribution in [1.82, 2.24) is 0 Å². The molecule has 110 valence electrons. The Labute approximate surface area is 133 Å². The number of amides is 1. The minimum atomic E-state index is -0.0455. The van der Waals surface area contributed by atoms with Crippen LogP contribution in [0, 0.1) is 13.8 Å². The van der Waals surface area contributed by atoms with Crippen LogP contribution in [0.5, 0.6) is 5.75 Å². The van der Waals surface area contributed by atoms with Crippen molar-refractivity contribution < 1.29 is 9.53 Å². The highest BCUT2D eigenvalue weighted by molar-refractivity contribution is 9.10. The van der Waals surface area contributed by atoms with Gasteiger partial charge in [-0.05, 0) is 64.7 Å². The van der Waals surface area contributed by atoms with E-state index in [9.17, 15) is 4.79 Å². The van der Waals surface area contributed by atoms with Crippen molar-refractivity contribution in [3.05, 3.63) is 57.6 Å². The molecule has 0 radical (unpaired) electrons. The van der Waals surface area contributed by atoms with Crippen LogP contribution in [0.25, 0.3) is 0 Å². The maximum absolute atomic E-state index is 12.2. The van der Waals surface area contributed by atoms with E-state index in [0.29, 0.717) is 6.42 Å². The molecule has 2 rings (SSSR count). The molecule has 0 heterocycles. The molecule has 0 saturated heterocycles. The van der Waals surface area contributed by atoms with E-state index in [4.69, 9.17) is 4.74 Å². The number of rotatable bonds is 4. The van der Waals surface area contributed by atoms with E-state index in [1.165, 1.54) is 0 Å². The maximum Gasteiger partial charge on any atom is 0.228 e. The van der Waals surface area contributed by atoms with Gasteiger partial charge in [-0.1, -0.05) is 18.2 Å². The Morgan fingerprint density at radius 3 is 2.67 bits per heavy atom. The molecule has 0 spiro atoms. The molecule has 4 heteroatoms. The van der Waals surface area contributed by atoms with Crippen LogP contribution in [0.2, 0.25) is 0 Å². The average Bonchev–Trinajstić information content (AvgIpc) is 2.43. The molecule has 1 amide bonds. The summed E-state index contributed by atoms with van der Waals surface area (Å²) in [4.78, 5) is 12.2. The molecular weight excluding hydrogens is 330 g/mol. The lowest BCUT2D eigenvalue weighted by atomic mass is 10.1. The van der Waals surface area contributed by atoms with Crippen LogP contribution in [-0.2, 0) is 11.2 Å². The van der Waals surface area contributed by atoms with Gasteiger partial charge >= 0.3 is 0 Å². The first kappa shape index (κ1) is 15.6. The topological polar surface area (TPSA) is 38.3 Å². The summed E-state index contributed by atoms with van der Waals surface area (Å²) in [6.07, 6.45) is 0.316. The zero-order chi connectivity index (χ0) is 15.4. The smallest absolute Gasteiger partial charge is 0.228 e. The van der Waals surface area contributed by atoms with E-state index in [1.54, 1.807) is 7.11 Å². The van der Waals surface area contributed by atoms with Gasteiger partial charge in [0.05, 0.1) is 19.2 Å². The summed E-state index contributed by atoms with van der Waals surface area (Å²) in [5.41, 5.74) is 3.95. The summed E-state index contributed by atoms with van der Waals surface area (Å²) in [7, 11) is 1.62. The lowest BCUT2D eigenvalue weighted by Gasteiger charge is -2.12. The molecule has 3 nitrogen and oxygen atoms in total. The molecule has 0 aliphatic heterocycles. The lowest BCUT2D eigenvalue weighted by Crippen LogP contribution is -2.15. The van der Waals surface area contributed by atoms with Gasteiger partial charge in [0.15, 0.2) is 0 Å². The van der Waals surface area contributed by atoms with Gasteiger partial charge in [0.25, 0.3) is 0 Å². The van der Waals surface area contributed by atoms with E-state index >= 15 is 0 Å². The normalized spacial score (nSPS) is 10.3. The first-order chi connectivity index (χ1) is 9.99. The summed E-state index contributed by atoms with van der Waals surface area (Å²) in [6, 6.07) is 11.6. The fourth-order valence-electron chi connectivity index (χ4n) is 2.23. The van der Waals surface area contributed by atoms with Gasteiger partial charge in [0.1, 0.15) is 5.75 Å². The van der Waals surface area contributed by atoms with Crippen LogP contribution < -0.4 is 10.1 Å². The number of nitrogens with one attached hydrogen (secondary N) is 1. The second-order valence-corrected chi connectivity index (χ2v) is 5.87. The monoisotopic (exact) mass is 347 g/mol. The fourth-order valence-corrected chi connectivity index (χ4v) is 3.00. The van der Waals surface area contributed by atoms with E-state index in [0.717, 1.165) is 32.6 Å². The second kappa shape index (κ2) is 6.76. The number of hydrogen-bond acceptors (Lipinski definition) is 2. The van der Waals surface area contributed by atoms with Crippen molar-refractivity contribution in [2.45, 2.75) is 20.3 Å². The number of ether oxygens (including phenoxy) is 1. The predicted molar refractivity (Wildman–Crippen MR) is 88.9 cm³/mol. The Hall–Kier alpha value is -1.81. The van der Waals surface area contributed by atoms with Crippen molar-refractivity contribution in [3.63, 3.8) is 0 Å². The van der Waals surface area contributed by atoms with E-state index < -0.39 is 0 Å². The van der Waals surface area contributed by atoms with Gasteiger partial charge in [-0.3, -0.25) is 4.79 Å². The van der Waals surface area contributed by atoms with Gasteiger partial charge in [-0.2, -0.15) is 0 Å². The zero-order valence-corrected chi connectivity index (χ0v) is 14.0.